The van der Waals surface area contributed by atoms with Crippen LogP contribution in [0.2, 0.25) is 0 Å². The molecule has 104 valence electrons. The number of hydrogen-bond acceptors (Lipinski definition) is 3. The number of nitrogens with zero attached hydrogens (tertiary/aromatic N) is 1. The number of carbonyl (C=O) groups excluding carboxylic acids is 1. The lowest BCUT2D eigenvalue weighted by Gasteiger charge is -2.13. The van der Waals surface area contributed by atoms with Crippen LogP contribution in [0.15, 0.2) is 48.7 Å². The summed E-state index contributed by atoms with van der Waals surface area (Å²) in [6.45, 7) is 4.09. The summed E-state index contributed by atoms with van der Waals surface area (Å²) in [5.74, 6) is 0.341. The molecule has 0 aliphatic heterocycles. The normalized spacial score (nSPS) is 11.9. The molecule has 0 aliphatic carbocycles. The van der Waals surface area contributed by atoms with Gasteiger partial charge in [0.15, 0.2) is 0 Å². The molecule has 1 heterocycles. The number of ether oxygens (including phenoxy) is 1. The van der Waals surface area contributed by atoms with Gasteiger partial charge >= 0.3 is 0 Å². The number of rotatable bonds is 5. The molecule has 0 bridgehead atoms. The standard InChI is InChI=1S/C16H18N2O2/c1-12-8-9-15(17-10-12)18-16(19)13(2)20-11-14-6-4-3-5-7-14/h3-10,13H,11H2,1-2H3,(H,17,18,19). The summed E-state index contributed by atoms with van der Waals surface area (Å²) in [7, 11) is 0. The van der Waals surface area contributed by atoms with Gasteiger partial charge in [-0.1, -0.05) is 36.4 Å². The lowest BCUT2D eigenvalue weighted by Crippen LogP contribution is -2.28. The number of anilines is 1. The van der Waals surface area contributed by atoms with Crippen molar-refractivity contribution in [1.29, 1.82) is 0 Å². The van der Waals surface area contributed by atoms with Crippen molar-refractivity contribution in [3.05, 3.63) is 59.8 Å². The van der Waals surface area contributed by atoms with E-state index in [4.69, 9.17) is 4.74 Å². The molecule has 1 N–H and O–H groups in total. The third-order valence-electron chi connectivity index (χ3n) is 2.87. The van der Waals surface area contributed by atoms with Crippen LogP contribution in [0.5, 0.6) is 0 Å². The van der Waals surface area contributed by atoms with Crippen LogP contribution in [0.1, 0.15) is 18.1 Å². The largest absolute Gasteiger partial charge is 0.364 e. The second-order valence-corrected chi connectivity index (χ2v) is 4.65. The van der Waals surface area contributed by atoms with Crippen LogP contribution in [-0.2, 0) is 16.1 Å². The maximum atomic E-state index is 11.9. The number of aromatic nitrogens is 1. The Bertz CT molecular complexity index is 552. The van der Waals surface area contributed by atoms with Crippen molar-refractivity contribution in [3.8, 4) is 0 Å². The highest BCUT2D eigenvalue weighted by atomic mass is 16.5. The maximum Gasteiger partial charge on any atom is 0.254 e. The predicted molar refractivity (Wildman–Crippen MR) is 78.3 cm³/mol. The first kappa shape index (κ1) is 14.2. The third kappa shape index (κ3) is 4.17. The molecule has 0 fully saturated rings. The van der Waals surface area contributed by atoms with Crippen LogP contribution in [-0.4, -0.2) is 17.0 Å². The van der Waals surface area contributed by atoms with Gasteiger partial charge in [0.05, 0.1) is 6.61 Å². The topological polar surface area (TPSA) is 51.2 Å². The van der Waals surface area contributed by atoms with E-state index in [9.17, 15) is 4.79 Å². The highest BCUT2D eigenvalue weighted by Crippen LogP contribution is 2.07. The van der Waals surface area contributed by atoms with Gasteiger partial charge in [-0.3, -0.25) is 4.79 Å². The van der Waals surface area contributed by atoms with Gasteiger partial charge in [-0.2, -0.15) is 0 Å². The first-order chi connectivity index (χ1) is 9.65. The zero-order valence-corrected chi connectivity index (χ0v) is 11.7. The van der Waals surface area contributed by atoms with Crippen molar-refractivity contribution >= 4 is 11.7 Å². The van der Waals surface area contributed by atoms with Crippen molar-refractivity contribution in [3.63, 3.8) is 0 Å². The van der Waals surface area contributed by atoms with E-state index in [2.05, 4.69) is 10.3 Å². The van der Waals surface area contributed by atoms with Gasteiger partial charge in [0.1, 0.15) is 11.9 Å². The average molecular weight is 270 g/mol. The molecule has 1 aromatic carbocycles. The van der Waals surface area contributed by atoms with E-state index in [0.717, 1.165) is 11.1 Å². The molecule has 0 aliphatic rings. The molecule has 1 aromatic heterocycles. The summed E-state index contributed by atoms with van der Waals surface area (Å²) in [4.78, 5) is 16.1. The summed E-state index contributed by atoms with van der Waals surface area (Å²) >= 11 is 0. The second kappa shape index (κ2) is 6.82. The van der Waals surface area contributed by atoms with Crippen LogP contribution in [0, 0.1) is 6.92 Å². The number of aryl methyl sites for hydroxylation is 1. The zero-order chi connectivity index (χ0) is 14.4. The molecule has 1 amide bonds. The van der Waals surface area contributed by atoms with Crippen LogP contribution >= 0.6 is 0 Å². The summed E-state index contributed by atoms with van der Waals surface area (Å²) < 4.78 is 5.55. The van der Waals surface area contributed by atoms with Crippen LogP contribution in [0.4, 0.5) is 5.82 Å². The van der Waals surface area contributed by atoms with Crippen molar-refractivity contribution in [1.82, 2.24) is 4.98 Å². The molecule has 1 unspecified atom stereocenters. The number of pyridine rings is 1. The SMILES string of the molecule is Cc1ccc(NC(=O)C(C)OCc2ccccc2)nc1. The van der Waals surface area contributed by atoms with Crippen molar-refractivity contribution < 1.29 is 9.53 Å². The van der Waals surface area contributed by atoms with Gasteiger partial charge in [0.2, 0.25) is 0 Å². The lowest BCUT2D eigenvalue weighted by molar-refractivity contribution is -0.127. The Labute approximate surface area is 118 Å². The summed E-state index contributed by atoms with van der Waals surface area (Å²) in [5.41, 5.74) is 2.09. The van der Waals surface area contributed by atoms with Crippen molar-refractivity contribution in [2.75, 3.05) is 5.32 Å². The first-order valence-electron chi connectivity index (χ1n) is 6.54. The number of benzene rings is 1. The molecule has 0 saturated carbocycles. The minimum absolute atomic E-state index is 0.197. The fourth-order valence-electron chi connectivity index (χ4n) is 1.64. The smallest absolute Gasteiger partial charge is 0.254 e. The first-order valence-corrected chi connectivity index (χ1v) is 6.54. The quantitative estimate of drug-likeness (QED) is 0.908. The molecule has 0 radical (unpaired) electrons. The van der Waals surface area contributed by atoms with E-state index in [1.54, 1.807) is 19.2 Å². The van der Waals surface area contributed by atoms with Crippen molar-refractivity contribution in [2.24, 2.45) is 0 Å². The molecule has 2 rings (SSSR count). The van der Waals surface area contributed by atoms with Gasteiger partial charge in [0, 0.05) is 6.20 Å². The minimum Gasteiger partial charge on any atom is -0.364 e. The maximum absolute atomic E-state index is 11.9. The Morgan fingerprint density at radius 2 is 2.00 bits per heavy atom. The minimum atomic E-state index is -0.529. The summed E-state index contributed by atoms with van der Waals surface area (Å²) in [6.07, 6.45) is 1.18. The molecule has 0 spiro atoms. The van der Waals surface area contributed by atoms with Crippen LogP contribution < -0.4 is 5.32 Å². The number of nitrogens with one attached hydrogen (secondary N) is 1. The zero-order valence-electron chi connectivity index (χ0n) is 11.7. The lowest BCUT2D eigenvalue weighted by atomic mass is 10.2. The highest BCUT2D eigenvalue weighted by molar-refractivity contribution is 5.93. The molecule has 0 saturated heterocycles. The highest BCUT2D eigenvalue weighted by Gasteiger charge is 2.13. The van der Waals surface area contributed by atoms with Gasteiger partial charge in [-0.25, -0.2) is 4.98 Å². The van der Waals surface area contributed by atoms with Gasteiger partial charge in [-0.05, 0) is 31.0 Å². The Hall–Kier alpha value is -2.20. The Balaban J connectivity index is 1.84. The van der Waals surface area contributed by atoms with E-state index in [0.29, 0.717) is 12.4 Å². The third-order valence-corrected chi connectivity index (χ3v) is 2.87. The van der Waals surface area contributed by atoms with Gasteiger partial charge < -0.3 is 10.1 Å². The average Bonchev–Trinajstić information content (AvgIpc) is 2.48. The molecular weight excluding hydrogens is 252 g/mol. The van der Waals surface area contributed by atoms with Crippen LogP contribution in [0.25, 0.3) is 0 Å². The van der Waals surface area contributed by atoms with Crippen LogP contribution in [0.3, 0.4) is 0 Å². The predicted octanol–water partition coefficient (Wildman–Crippen LogP) is 2.93. The number of carbonyl (C=O) groups is 1. The Morgan fingerprint density at radius 1 is 1.25 bits per heavy atom. The van der Waals surface area contributed by atoms with Crippen molar-refractivity contribution in [2.45, 2.75) is 26.6 Å². The molecule has 4 heteroatoms. The van der Waals surface area contributed by atoms with E-state index in [-0.39, 0.29) is 5.91 Å². The Morgan fingerprint density at radius 3 is 2.65 bits per heavy atom. The molecule has 20 heavy (non-hydrogen) atoms. The molecule has 1 atom stereocenters. The number of amides is 1. The van der Waals surface area contributed by atoms with Gasteiger partial charge in [-0.15, -0.1) is 0 Å². The molecular formula is C16H18N2O2. The molecule has 4 nitrogen and oxygen atoms in total. The second-order valence-electron chi connectivity index (χ2n) is 4.65. The monoisotopic (exact) mass is 270 g/mol. The van der Waals surface area contributed by atoms with E-state index >= 15 is 0 Å². The fourth-order valence-corrected chi connectivity index (χ4v) is 1.64. The van der Waals surface area contributed by atoms with E-state index in [1.165, 1.54) is 0 Å². The summed E-state index contributed by atoms with van der Waals surface area (Å²) in [5, 5.41) is 2.73. The van der Waals surface area contributed by atoms with Gasteiger partial charge in [0.25, 0.3) is 5.91 Å². The fraction of sp³-hybridized carbons (Fsp3) is 0.250. The van der Waals surface area contributed by atoms with E-state index < -0.39 is 6.10 Å². The Kier molecular flexibility index (Phi) is 4.85. The summed E-state index contributed by atoms with van der Waals surface area (Å²) in [6, 6.07) is 13.4. The number of hydrogen-bond donors (Lipinski definition) is 1. The van der Waals surface area contributed by atoms with E-state index in [1.807, 2.05) is 43.3 Å². The molecule has 2 aromatic rings.